The molecule has 522 valence electrons. The number of Topliss-reactive ketones (excluding diaryl/α,β-unsaturated/α-hetero) is 3. The van der Waals surface area contributed by atoms with Gasteiger partial charge in [0.15, 0.2) is 17.3 Å². The van der Waals surface area contributed by atoms with Gasteiger partial charge >= 0.3 is 0 Å². The average molecular weight is 1570 g/mol. The van der Waals surface area contributed by atoms with Crippen LogP contribution in [-0.4, -0.2) is 110 Å². The predicted octanol–water partition coefficient (Wildman–Crippen LogP) is 17.9. The fraction of sp³-hybridized carbons (Fsp3) is 0.316. The minimum absolute atomic E-state index is 0.0216. The first kappa shape index (κ1) is 77.3. The Kier molecular flexibility index (Phi) is 26.5. The van der Waals surface area contributed by atoms with Gasteiger partial charge in [-0.05, 0) is 196 Å². The van der Waals surface area contributed by atoms with Crippen LogP contribution in [0.3, 0.4) is 0 Å². The maximum atomic E-state index is 13.2. The molecule has 6 aliphatic rings. The molecule has 0 radical (unpaired) electrons. The average Bonchev–Trinajstić information content (AvgIpc) is 1.61. The van der Waals surface area contributed by atoms with Crippen LogP contribution in [0.2, 0.25) is 0 Å². The van der Waals surface area contributed by atoms with Crippen LogP contribution in [0, 0.1) is 52.3 Å². The lowest BCUT2D eigenvalue weighted by Crippen LogP contribution is -2.54. The molecule has 8 aromatic rings. The molecule has 0 bridgehead atoms. The quantitative estimate of drug-likeness (QED) is 0.0391. The van der Waals surface area contributed by atoms with Gasteiger partial charge in [0.25, 0.3) is 22.7 Å². The van der Waals surface area contributed by atoms with Crippen molar-refractivity contribution in [3.8, 4) is 44.5 Å². The number of carbonyl (C=O) groups is 4. The number of nitro benzene ring substituents is 4. The smallest absolute Gasteiger partial charge is 0.269 e. The van der Waals surface area contributed by atoms with Gasteiger partial charge in [0.05, 0.1) is 56.0 Å². The molecule has 14 rings (SSSR count). The van der Waals surface area contributed by atoms with Gasteiger partial charge in [-0.2, -0.15) is 0 Å². The van der Waals surface area contributed by atoms with Crippen molar-refractivity contribution in [2.24, 2.45) is 11.8 Å². The first-order valence-electron chi connectivity index (χ1n) is 32.4. The fourth-order valence-corrected chi connectivity index (χ4v) is 12.7. The molecule has 0 unspecified atom stereocenters. The van der Waals surface area contributed by atoms with E-state index in [-0.39, 0.29) is 76.9 Å². The van der Waals surface area contributed by atoms with Crippen LogP contribution in [0.25, 0.3) is 44.5 Å². The topological polar surface area (TPSA) is 275 Å². The highest BCUT2D eigenvalue weighted by atomic mass is 80.9. The molecule has 2 heterocycles. The number of ether oxygens (including phenoxy) is 2. The van der Waals surface area contributed by atoms with Crippen molar-refractivity contribution in [2.75, 3.05) is 52.6 Å². The second kappa shape index (κ2) is 34.3. The summed E-state index contributed by atoms with van der Waals surface area (Å²) >= 11 is 13.9. The molecule has 2 saturated heterocycles. The number of hydrogen-bond acceptors (Lipinski definition) is 16. The number of rotatable bonds is 12. The molecule has 8 aromatic carbocycles. The standard InChI is InChI=1S/C21H22N2O4.C17H14BrNO3.C17H15NO3.C13H9NO2.C4H7ClO.C4H9NO.Br2/c1-21(2,22-7-9-27-10-8-22)20(24)14-3-5-18-15(11-14)12-16-13-17(23(25)26)4-6-19(16)18;1-17(2,18)16(20)10-3-5-14-11(7-10)8-12-9-13(19(21)22)4-6-15(12)14;1-10(2)17(19)11-3-5-15-12(7-11)8-13-9-14(18(20)21)4-6-16(13)15;15-14(16)11-5-6-13-10(8-11)7-9-3-1-2-4-12(9)13;1-3(2)4(5)6;1-3-6-4-2-5-1;1-2/h3-6,11,13H,7-10,12H2,1-2H3;3-7,9H,8H2,1-2H3;3-7,9-10H,8H2,1-2H3;1-6,8H,7H2;3H,1-2H3;5H,1-4H2;. The Bertz CT molecular complexity index is 4440. The lowest BCUT2D eigenvalue weighted by Gasteiger charge is -2.39. The number of benzene rings is 8. The lowest BCUT2D eigenvalue weighted by atomic mass is 9.89. The number of alkyl halides is 1. The largest absolute Gasteiger partial charge is 0.379 e. The molecule has 2 aliphatic heterocycles. The molecule has 20 nitrogen and oxygen atoms in total. The summed E-state index contributed by atoms with van der Waals surface area (Å²) in [5, 5.41) is 46.3. The van der Waals surface area contributed by atoms with Crippen molar-refractivity contribution in [2.45, 2.75) is 90.9 Å². The maximum Gasteiger partial charge on any atom is 0.269 e. The number of fused-ring (bicyclic) bond motifs is 12. The van der Waals surface area contributed by atoms with Gasteiger partial charge in [-0.25, -0.2) is 0 Å². The fourth-order valence-electron chi connectivity index (χ4n) is 12.4. The van der Waals surface area contributed by atoms with Gasteiger partial charge in [0, 0.05) is 131 Å². The summed E-state index contributed by atoms with van der Waals surface area (Å²) in [5.74, 6) is 0.186. The van der Waals surface area contributed by atoms with E-state index in [0.717, 1.165) is 124 Å². The second-order valence-electron chi connectivity index (χ2n) is 26.0. The zero-order chi connectivity index (χ0) is 72.9. The van der Waals surface area contributed by atoms with E-state index in [1.165, 1.54) is 29.3 Å². The Hall–Kier alpha value is -8.39. The number of non-ortho nitro benzene ring substituents is 4. The molecule has 0 spiro atoms. The third-order valence-electron chi connectivity index (χ3n) is 17.7. The first-order chi connectivity index (χ1) is 47.5. The molecule has 2 fully saturated rings. The highest BCUT2D eigenvalue weighted by Gasteiger charge is 2.37. The van der Waals surface area contributed by atoms with E-state index in [0.29, 0.717) is 49.2 Å². The van der Waals surface area contributed by atoms with Crippen LogP contribution in [-0.2, 0) is 40.0 Å². The number of halogens is 4. The van der Waals surface area contributed by atoms with Gasteiger partial charge in [0.2, 0.25) is 5.24 Å². The number of nitro groups is 4. The molecule has 0 aromatic heterocycles. The summed E-state index contributed by atoms with van der Waals surface area (Å²) in [5.41, 5.74) is 18.8. The van der Waals surface area contributed by atoms with E-state index in [9.17, 15) is 59.6 Å². The van der Waals surface area contributed by atoms with Crippen LogP contribution < -0.4 is 5.32 Å². The van der Waals surface area contributed by atoms with Crippen LogP contribution in [0.5, 0.6) is 0 Å². The molecule has 0 saturated carbocycles. The van der Waals surface area contributed by atoms with Crippen LogP contribution in [0.4, 0.5) is 22.7 Å². The summed E-state index contributed by atoms with van der Waals surface area (Å²) < 4.78 is 9.80. The van der Waals surface area contributed by atoms with Gasteiger partial charge in [0.1, 0.15) is 0 Å². The molecule has 100 heavy (non-hydrogen) atoms. The van der Waals surface area contributed by atoms with E-state index >= 15 is 0 Å². The Morgan fingerprint density at radius 1 is 0.440 bits per heavy atom. The summed E-state index contributed by atoms with van der Waals surface area (Å²) in [6, 6.07) is 45.2. The van der Waals surface area contributed by atoms with E-state index in [4.69, 9.17) is 21.1 Å². The van der Waals surface area contributed by atoms with Crippen molar-refractivity contribution in [3.63, 3.8) is 0 Å². The highest BCUT2D eigenvalue weighted by Crippen LogP contribution is 2.43. The van der Waals surface area contributed by atoms with Crippen molar-refractivity contribution in [1.29, 1.82) is 0 Å². The molecular formula is C76H76Br3ClN6O14. The van der Waals surface area contributed by atoms with E-state index in [1.807, 2.05) is 114 Å². The molecule has 24 heteroatoms. The van der Waals surface area contributed by atoms with E-state index in [1.54, 1.807) is 62.4 Å². The van der Waals surface area contributed by atoms with Crippen molar-refractivity contribution < 1.29 is 48.3 Å². The summed E-state index contributed by atoms with van der Waals surface area (Å²) in [6.07, 6.45) is 2.68. The molecular weight excluding hydrogens is 1500 g/mol. The zero-order valence-corrected chi connectivity index (χ0v) is 62.1. The van der Waals surface area contributed by atoms with Gasteiger partial charge in [-0.1, -0.05) is 104 Å². The Morgan fingerprint density at radius 2 is 0.740 bits per heavy atom. The highest BCUT2D eigenvalue weighted by molar-refractivity contribution is 9.93. The molecule has 0 amide bonds. The number of nitrogens with one attached hydrogen (secondary N) is 1. The van der Waals surface area contributed by atoms with Gasteiger partial charge < -0.3 is 14.8 Å². The number of carbonyl (C=O) groups excluding carboxylic acids is 4. The van der Waals surface area contributed by atoms with Crippen LogP contribution in [0.15, 0.2) is 152 Å². The summed E-state index contributed by atoms with van der Waals surface area (Å²) in [7, 11) is 0. The normalized spacial score (nSPS) is 13.8. The first-order valence-corrected chi connectivity index (χ1v) is 37.3. The van der Waals surface area contributed by atoms with E-state index in [2.05, 4.69) is 66.5 Å². The summed E-state index contributed by atoms with van der Waals surface area (Å²) in [4.78, 5) is 91.7. The van der Waals surface area contributed by atoms with Crippen LogP contribution >= 0.6 is 55.8 Å². The molecule has 1 N–H and O–H groups in total. The second-order valence-corrected chi connectivity index (χ2v) is 28.4. The monoisotopic (exact) mass is 1570 g/mol. The Balaban J connectivity index is 0.000000161. The Morgan fingerprint density at radius 3 is 1.06 bits per heavy atom. The third kappa shape index (κ3) is 18.8. The molecule has 0 atom stereocenters. The van der Waals surface area contributed by atoms with Gasteiger partial charge in [-0.15, -0.1) is 0 Å². The van der Waals surface area contributed by atoms with E-state index < -0.39 is 9.86 Å². The SMILES string of the molecule is BrBr.C1COCCN1.CC(C)(Br)C(=O)c1ccc2c(c1)Cc1cc([N+](=O)[O-])ccc1-2.CC(C)(C(=O)c1ccc2c(c1)Cc1cc([N+](=O)[O-])ccc1-2)N1CCOCC1.CC(C)C(=O)Cl.CC(C)C(=O)c1ccc2c(c1)Cc1cc([N+](=O)[O-])ccc1-2.O=[N+]([O-])c1ccc2c(c1)Cc1ccccc1-2. The Labute approximate surface area is 608 Å². The number of morpholine rings is 2. The number of ketones is 3. The number of hydrogen-bond donors (Lipinski definition) is 1. The van der Waals surface area contributed by atoms with Crippen molar-refractivity contribution in [1.82, 2.24) is 10.2 Å². The zero-order valence-electron chi connectivity index (χ0n) is 56.5. The molecule has 4 aliphatic carbocycles. The number of nitrogens with zero attached hydrogens (tertiary/aromatic N) is 5. The maximum absolute atomic E-state index is 13.2. The van der Waals surface area contributed by atoms with Gasteiger partial charge in [-0.3, -0.25) is 64.5 Å². The van der Waals surface area contributed by atoms with Crippen LogP contribution in [0.1, 0.15) is 131 Å². The predicted molar refractivity (Wildman–Crippen MR) is 400 cm³/mol. The minimum atomic E-state index is -0.606. The van der Waals surface area contributed by atoms with Crippen molar-refractivity contribution >= 4 is 101 Å². The lowest BCUT2D eigenvalue weighted by molar-refractivity contribution is -0.385. The van der Waals surface area contributed by atoms with Crippen molar-refractivity contribution in [3.05, 3.63) is 253 Å². The minimum Gasteiger partial charge on any atom is -0.379 e. The third-order valence-corrected chi connectivity index (χ3v) is 18.5. The summed E-state index contributed by atoms with van der Waals surface area (Å²) in [6.45, 7) is 21.5.